The molecule has 1 amide bonds. The number of nitrogens with one attached hydrogen (secondary N) is 1. The standard InChI is InChI=1S/C16H26N2OS/c1-5-6-11(2)18-16(19)13(4)20-15-9-7-14(8-10-15)12(3)17/h7-13H,5-6,17H2,1-4H3,(H,18,19). The summed E-state index contributed by atoms with van der Waals surface area (Å²) in [7, 11) is 0. The van der Waals surface area contributed by atoms with Gasteiger partial charge in [-0.1, -0.05) is 25.5 Å². The molecular formula is C16H26N2OS. The van der Waals surface area contributed by atoms with Gasteiger partial charge in [0.1, 0.15) is 0 Å². The van der Waals surface area contributed by atoms with Crippen LogP contribution in [0.15, 0.2) is 29.2 Å². The first-order valence-electron chi connectivity index (χ1n) is 7.26. The predicted octanol–water partition coefficient (Wildman–Crippen LogP) is 3.49. The second-order valence-electron chi connectivity index (χ2n) is 5.32. The molecule has 0 fully saturated rings. The Morgan fingerprint density at radius 1 is 1.25 bits per heavy atom. The van der Waals surface area contributed by atoms with E-state index in [9.17, 15) is 4.79 Å². The molecule has 3 atom stereocenters. The van der Waals surface area contributed by atoms with Crippen LogP contribution in [0, 0.1) is 0 Å². The molecule has 112 valence electrons. The molecule has 0 saturated heterocycles. The molecule has 0 heterocycles. The summed E-state index contributed by atoms with van der Waals surface area (Å²) in [5, 5.41) is 2.96. The van der Waals surface area contributed by atoms with Crippen LogP contribution in [0.2, 0.25) is 0 Å². The second kappa shape index (κ2) is 8.32. The van der Waals surface area contributed by atoms with Crippen molar-refractivity contribution in [3.63, 3.8) is 0 Å². The van der Waals surface area contributed by atoms with Gasteiger partial charge in [-0.15, -0.1) is 11.8 Å². The number of benzene rings is 1. The van der Waals surface area contributed by atoms with E-state index in [4.69, 9.17) is 5.73 Å². The first-order valence-corrected chi connectivity index (χ1v) is 8.14. The molecular weight excluding hydrogens is 268 g/mol. The van der Waals surface area contributed by atoms with E-state index in [2.05, 4.69) is 19.2 Å². The molecule has 3 unspecified atom stereocenters. The summed E-state index contributed by atoms with van der Waals surface area (Å²) in [6, 6.07) is 8.40. The minimum absolute atomic E-state index is 0.0460. The van der Waals surface area contributed by atoms with Gasteiger partial charge in [0.25, 0.3) is 0 Å². The van der Waals surface area contributed by atoms with Crippen molar-refractivity contribution in [2.24, 2.45) is 5.73 Å². The summed E-state index contributed by atoms with van der Waals surface area (Å²) < 4.78 is 0. The summed E-state index contributed by atoms with van der Waals surface area (Å²) in [5.74, 6) is 0.104. The van der Waals surface area contributed by atoms with E-state index in [0.29, 0.717) is 0 Å². The van der Waals surface area contributed by atoms with E-state index in [-0.39, 0.29) is 23.2 Å². The molecule has 0 saturated carbocycles. The van der Waals surface area contributed by atoms with E-state index in [1.807, 2.05) is 38.1 Å². The molecule has 1 aromatic carbocycles. The van der Waals surface area contributed by atoms with Crippen LogP contribution in [0.1, 0.15) is 52.1 Å². The average molecular weight is 294 g/mol. The Hall–Kier alpha value is -1.00. The molecule has 1 aromatic rings. The first-order chi connectivity index (χ1) is 9.43. The summed E-state index contributed by atoms with van der Waals surface area (Å²) in [6.07, 6.45) is 2.11. The van der Waals surface area contributed by atoms with Crippen molar-refractivity contribution in [1.29, 1.82) is 0 Å². The fraction of sp³-hybridized carbons (Fsp3) is 0.562. The summed E-state index contributed by atoms with van der Waals surface area (Å²) in [5.41, 5.74) is 6.94. The molecule has 0 aliphatic heterocycles. The van der Waals surface area contributed by atoms with Gasteiger partial charge in [-0.3, -0.25) is 4.79 Å². The highest BCUT2D eigenvalue weighted by Gasteiger charge is 2.16. The molecule has 1 rings (SSSR count). The molecule has 0 aliphatic rings. The quantitative estimate of drug-likeness (QED) is 0.757. The Bertz CT molecular complexity index is 417. The van der Waals surface area contributed by atoms with Gasteiger partial charge in [-0.05, 0) is 44.9 Å². The maximum Gasteiger partial charge on any atom is 0.233 e. The van der Waals surface area contributed by atoms with Crippen molar-refractivity contribution in [2.75, 3.05) is 0 Å². The molecule has 3 nitrogen and oxygen atoms in total. The molecule has 0 radical (unpaired) electrons. The van der Waals surface area contributed by atoms with Gasteiger partial charge in [0.05, 0.1) is 5.25 Å². The van der Waals surface area contributed by atoms with Crippen molar-refractivity contribution in [1.82, 2.24) is 5.32 Å². The normalized spacial score (nSPS) is 15.4. The third-order valence-electron chi connectivity index (χ3n) is 3.20. The van der Waals surface area contributed by atoms with Gasteiger partial charge >= 0.3 is 0 Å². The average Bonchev–Trinajstić information content (AvgIpc) is 2.39. The third kappa shape index (κ3) is 5.55. The highest BCUT2D eigenvalue weighted by atomic mass is 32.2. The van der Waals surface area contributed by atoms with Gasteiger partial charge in [-0.2, -0.15) is 0 Å². The van der Waals surface area contributed by atoms with Crippen LogP contribution in [-0.2, 0) is 4.79 Å². The Morgan fingerprint density at radius 2 is 1.85 bits per heavy atom. The lowest BCUT2D eigenvalue weighted by atomic mass is 10.1. The van der Waals surface area contributed by atoms with Crippen LogP contribution in [-0.4, -0.2) is 17.2 Å². The molecule has 0 aliphatic carbocycles. The van der Waals surface area contributed by atoms with Crippen LogP contribution in [0.25, 0.3) is 0 Å². The van der Waals surface area contributed by atoms with Crippen LogP contribution in [0.5, 0.6) is 0 Å². The largest absolute Gasteiger partial charge is 0.353 e. The maximum absolute atomic E-state index is 12.1. The van der Waals surface area contributed by atoms with Crippen LogP contribution < -0.4 is 11.1 Å². The fourth-order valence-corrected chi connectivity index (χ4v) is 2.85. The van der Waals surface area contributed by atoms with Crippen molar-refractivity contribution < 1.29 is 4.79 Å². The van der Waals surface area contributed by atoms with E-state index in [1.165, 1.54) is 0 Å². The van der Waals surface area contributed by atoms with Crippen LogP contribution >= 0.6 is 11.8 Å². The van der Waals surface area contributed by atoms with Gasteiger partial charge in [0, 0.05) is 17.0 Å². The number of amides is 1. The van der Waals surface area contributed by atoms with Crippen molar-refractivity contribution in [3.05, 3.63) is 29.8 Å². The first kappa shape index (κ1) is 17.1. The maximum atomic E-state index is 12.1. The number of carbonyl (C=O) groups excluding carboxylic acids is 1. The van der Waals surface area contributed by atoms with E-state index in [1.54, 1.807) is 11.8 Å². The Morgan fingerprint density at radius 3 is 2.35 bits per heavy atom. The number of nitrogens with two attached hydrogens (primary N) is 1. The van der Waals surface area contributed by atoms with Gasteiger partial charge in [-0.25, -0.2) is 0 Å². The molecule has 4 heteroatoms. The molecule has 0 spiro atoms. The fourth-order valence-electron chi connectivity index (χ4n) is 1.97. The molecule has 20 heavy (non-hydrogen) atoms. The zero-order chi connectivity index (χ0) is 15.1. The van der Waals surface area contributed by atoms with Gasteiger partial charge in [0.15, 0.2) is 0 Å². The lowest BCUT2D eigenvalue weighted by molar-refractivity contribution is -0.120. The summed E-state index contributed by atoms with van der Waals surface area (Å²) in [6.45, 7) is 8.09. The number of thioether (sulfide) groups is 1. The lowest BCUT2D eigenvalue weighted by Crippen LogP contribution is -2.37. The van der Waals surface area contributed by atoms with E-state index >= 15 is 0 Å². The lowest BCUT2D eigenvalue weighted by Gasteiger charge is -2.17. The monoisotopic (exact) mass is 294 g/mol. The minimum Gasteiger partial charge on any atom is -0.353 e. The molecule has 0 aromatic heterocycles. The van der Waals surface area contributed by atoms with Crippen molar-refractivity contribution >= 4 is 17.7 Å². The van der Waals surface area contributed by atoms with Crippen molar-refractivity contribution in [3.8, 4) is 0 Å². The minimum atomic E-state index is -0.0875. The Kier molecular flexibility index (Phi) is 7.10. The topological polar surface area (TPSA) is 55.1 Å². The molecule has 0 bridgehead atoms. The smallest absolute Gasteiger partial charge is 0.233 e. The Balaban J connectivity index is 2.52. The zero-order valence-corrected chi connectivity index (χ0v) is 13.7. The highest BCUT2D eigenvalue weighted by Crippen LogP contribution is 2.24. The van der Waals surface area contributed by atoms with E-state index < -0.39 is 0 Å². The van der Waals surface area contributed by atoms with Gasteiger partial charge < -0.3 is 11.1 Å². The summed E-state index contributed by atoms with van der Waals surface area (Å²) in [4.78, 5) is 13.2. The Labute approximate surface area is 126 Å². The third-order valence-corrected chi connectivity index (χ3v) is 4.31. The van der Waals surface area contributed by atoms with Crippen LogP contribution in [0.3, 0.4) is 0 Å². The predicted molar refractivity (Wildman–Crippen MR) is 86.9 cm³/mol. The van der Waals surface area contributed by atoms with Crippen molar-refractivity contribution in [2.45, 2.75) is 62.8 Å². The number of carbonyl (C=O) groups is 1. The highest BCUT2D eigenvalue weighted by molar-refractivity contribution is 8.00. The van der Waals surface area contributed by atoms with Crippen LogP contribution in [0.4, 0.5) is 0 Å². The zero-order valence-electron chi connectivity index (χ0n) is 12.8. The number of rotatable bonds is 7. The second-order valence-corrected chi connectivity index (χ2v) is 6.73. The summed E-state index contributed by atoms with van der Waals surface area (Å²) >= 11 is 1.58. The molecule has 3 N–H and O–H groups in total. The van der Waals surface area contributed by atoms with E-state index in [0.717, 1.165) is 23.3 Å². The SMILES string of the molecule is CCCC(C)NC(=O)C(C)Sc1ccc(C(C)N)cc1. The number of hydrogen-bond acceptors (Lipinski definition) is 3. The number of hydrogen-bond donors (Lipinski definition) is 2. The van der Waals surface area contributed by atoms with Gasteiger partial charge in [0.2, 0.25) is 5.91 Å².